The fourth-order valence-electron chi connectivity index (χ4n) is 3.53. The molecule has 2 saturated carbocycles. The zero-order valence-electron chi connectivity index (χ0n) is 10.8. The average Bonchev–Trinajstić information content (AvgIpc) is 3.03. The van der Waals surface area contributed by atoms with Crippen molar-refractivity contribution in [3.05, 3.63) is 34.1 Å². The molecular weight excluding hydrogens is 263 g/mol. The third kappa shape index (κ3) is 2.26. The molecule has 1 aromatic carbocycles. The number of nitrogens with one attached hydrogen (secondary N) is 1. The highest BCUT2D eigenvalue weighted by Crippen LogP contribution is 2.48. The predicted octanol–water partition coefficient (Wildman–Crippen LogP) is 3.11. The van der Waals surface area contributed by atoms with Gasteiger partial charge in [-0.25, -0.2) is 0 Å². The normalized spacial score (nSPS) is 27.6. The van der Waals surface area contributed by atoms with Gasteiger partial charge in [0.2, 0.25) is 11.7 Å². The maximum atomic E-state index is 13.2. The Hall–Kier alpha value is -1.98. The molecule has 0 aromatic heterocycles. The smallest absolute Gasteiger partial charge is 0.306 e. The van der Waals surface area contributed by atoms with Crippen LogP contribution in [0.4, 0.5) is 15.8 Å². The van der Waals surface area contributed by atoms with Gasteiger partial charge in [0.1, 0.15) is 0 Å². The van der Waals surface area contributed by atoms with Crippen molar-refractivity contribution in [3.63, 3.8) is 0 Å². The fourth-order valence-corrected chi connectivity index (χ4v) is 3.53. The predicted molar refractivity (Wildman–Crippen MR) is 70.6 cm³/mol. The van der Waals surface area contributed by atoms with E-state index in [2.05, 4.69) is 5.32 Å². The van der Waals surface area contributed by atoms with Crippen LogP contribution in [0.15, 0.2) is 18.2 Å². The van der Waals surface area contributed by atoms with Crippen molar-refractivity contribution >= 4 is 17.3 Å². The molecule has 6 heteroatoms. The van der Waals surface area contributed by atoms with E-state index in [1.165, 1.54) is 12.5 Å². The summed E-state index contributed by atoms with van der Waals surface area (Å²) in [5, 5.41) is 13.4. The molecule has 2 bridgehead atoms. The summed E-state index contributed by atoms with van der Waals surface area (Å²) in [7, 11) is 0. The highest BCUT2D eigenvalue weighted by Gasteiger charge is 2.43. The number of nitro groups is 1. The van der Waals surface area contributed by atoms with Crippen molar-refractivity contribution in [3.8, 4) is 0 Å². The number of halogens is 1. The van der Waals surface area contributed by atoms with Crippen molar-refractivity contribution in [2.24, 2.45) is 17.8 Å². The summed E-state index contributed by atoms with van der Waals surface area (Å²) in [5.41, 5.74) is -0.332. The summed E-state index contributed by atoms with van der Waals surface area (Å²) in [6, 6.07) is 3.43. The molecule has 0 saturated heterocycles. The largest absolute Gasteiger partial charge is 0.326 e. The molecule has 3 rings (SSSR count). The van der Waals surface area contributed by atoms with Crippen LogP contribution in [0.1, 0.15) is 25.7 Å². The number of amides is 1. The highest BCUT2D eigenvalue weighted by molar-refractivity contribution is 5.93. The van der Waals surface area contributed by atoms with Crippen LogP contribution in [-0.4, -0.2) is 10.8 Å². The zero-order valence-corrected chi connectivity index (χ0v) is 10.8. The van der Waals surface area contributed by atoms with Crippen molar-refractivity contribution in [2.45, 2.75) is 25.7 Å². The van der Waals surface area contributed by atoms with Crippen LogP contribution in [0, 0.1) is 33.7 Å². The van der Waals surface area contributed by atoms with Crippen molar-refractivity contribution in [2.75, 3.05) is 5.32 Å². The standard InChI is InChI=1S/C14H15FN2O3/c15-12-4-3-10(7-13(12)17(19)20)16-14(18)11-6-8-1-2-9(11)5-8/h3-4,7-9,11H,1-2,5-6H2,(H,16,18)/t8-,9-,11-/m1/s1. The Morgan fingerprint density at radius 3 is 2.75 bits per heavy atom. The quantitative estimate of drug-likeness (QED) is 0.682. The highest BCUT2D eigenvalue weighted by atomic mass is 19.1. The van der Waals surface area contributed by atoms with Gasteiger partial charge in [0.15, 0.2) is 0 Å². The van der Waals surface area contributed by atoms with Gasteiger partial charge in [-0.2, -0.15) is 4.39 Å². The lowest BCUT2D eigenvalue weighted by molar-refractivity contribution is -0.387. The first-order chi connectivity index (χ1) is 9.54. The van der Waals surface area contributed by atoms with Crippen LogP contribution >= 0.6 is 0 Å². The number of carbonyl (C=O) groups is 1. The monoisotopic (exact) mass is 278 g/mol. The molecule has 5 nitrogen and oxygen atoms in total. The number of carbonyl (C=O) groups excluding carboxylic acids is 1. The number of hydrogen-bond donors (Lipinski definition) is 1. The third-order valence-corrected chi connectivity index (χ3v) is 4.49. The number of hydrogen-bond acceptors (Lipinski definition) is 3. The summed E-state index contributed by atoms with van der Waals surface area (Å²) in [6.07, 6.45) is 4.31. The Morgan fingerprint density at radius 2 is 2.15 bits per heavy atom. The minimum absolute atomic E-state index is 0.00198. The van der Waals surface area contributed by atoms with Crippen LogP contribution < -0.4 is 5.32 Å². The van der Waals surface area contributed by atoms with Gasteiger partial charge in [-0.15, -0.1) is 0 Å². The Kier molecular flexibility index (Phi) is 3.16. The number of nitro benzene ring substituents is 1. The molecule has 3 atom stereocenters. The number of rotatable bonds is 3. The zero-order chi connectivity index (χ0) is 14.3. The number of benzene rings is 1. The summed E-state index contributed by atoms with van der Waals surface area (Å²) < 4.78 is 13.2. The molecule has 0 heterocycles. The summed E-state index contributed by atoms with van der Waals surface area (Å²) in [5.74, 6) is 0.0950. The van der Waals surface area contributed by atoms with Gasteiger partial charge in [-0.3, -0.25) is 14.9 Å². The number of fused-ring (bicyclic) bond motifs is 2. The van der Waals surface area contributed by atoms with Gasteiger partial charge in [-0.05, 0) is 43.2 Å². The van der Waals surface area contributed by atoms with E-state index in [9.17, 15) is 19.3 Å². The minimum Gasteiger partial charge on any atom is -0.326 e. The number of anilines is 1. The summed E-state index contributed by atoms with van der Waals surface area (Å²) in [4.78, 5) is 22.1. The maximum Gasteiger partial charge on any atom is 0.306 e. The van der Waals surface area contributed by atoms with Crippen LogP contribution in [0.3, 0.4) is 0 Å². The van der Waals surface area contributed by atoms with E-state index in [1.807, 2.05) is 0 Å². The second kappa shape index (κ2) is 4.85. The van der Waals surface area contributed by atoms with E-state index in [0.717, 1.165) is 31.4 Å². The summed E-state index contributed by atoms with van der Waals surface area (Å²) >= 11 is 0. The van der Waals surface area contributed by atoms with Gasteiger partial charge in [0, 0.05) is 17.7 Å². The van der Waals surface area contributed by atoms with E-state index < -0.39 is 16.4 Å². The van der Waals surface area contributed by atoms with Gasteiger partial charge in [0.05, 0.1) is 4.92 Å². The molecule has 2 fully saturated rings. The lowest BCUT2D eigenvalue weighted by atomic mass is 9.88. The lowest BCUT2D eigenvalue weighted by Gasteiger charge is -2.20. The van der Waals surface area contributed by atoms with Crippen LogP contribution in [-0.2, 0) is 4.79 Å². The molecule has 0 unspecified atom stereocenters. The fraction of sp³-hybridized carbons (Fsp3) is 0.500. The lowest BCUT2D eigenvalue weighted by Crippen LogP contribution is -2.27. The molecule has 0 radical (unpaired) electrons. The molecule has 0 spiro atoms. The van der Waals surface area contributed by atoms with Gasteiger partial charge < -0.3 is 5.32 Å². The molecule has 1 aromatic rings. The molecule has 1 amide bonds. The van der Waals surface area contributed by atoms with Gasteiger partial charge >= 0.3 is 5.69 Å². The Labute approximate surface area is 115 Å². The van der Waals surface area contributed by atoms with Crippen molar-refractivity contribution in [1.82, 2.24) is 0 Å². The van der Waals surface area contributed by atoms with Crippen LogP contribution in [0.25, 0.3) is 0 Å². The Bertz CT molecular complexity index is 576. The first-order valence-corrected chi connectivity index (χ1v) is 6.79. The molecule has 20 heavy (non-hydrogen) atoms. The van der Waals surface area contributed by atoms with E-state index >= 15 is 0 Å². The Balaban J connectivity index is 1.73. The molecule has 0 aliphatic heterocycles. The van der Waals surface area contributed by atoms with E-state index in [1.54, 1.807) is 0 Å². The van der Waals surface area contributed by atoms with E-state index in [4.69, 9.17) is 0 Å². The molecule has 1 N–H and O–H groups in total. The SMILES string of the molecule is O=C(Nc1ccc(F)c([N+](=O)[O-])c1)[C@@H]1C[C@@H]2CC[C@@H]1C2. The molecule has 106 valence electrons. The van der Waals surface area contributed by atoms with Crippen molar-refractivity contribution in [1.29, 1.82) is 0 Å². The van der Waals surface area contributed by atoms with E-state index in [0.29, 0.717) is 11.8 Å². The summed E-state index contributed by atoms with van der Waals surface area (Å²) in [6.45, 7) is 0. The first-order valence-electron chi connectivity index (χ1n) is 6.79. The van der Waals surface area contributed by atoms with Crippen molar-refractivity contribution < 1.29 is 14.1 Å². The number of nitrogens with zero attached hydrogens (tertiary/aromatic N) is 1. The molecule has 2 aliphatic rings. The third-order valence-electron chi connectivity index (χ3n) is 4.49. The van der Waals surface area contributed by atoms with Crippen LogP contribution in [0.5, 0.6) is 0 Å². The second-order valence-corrected chi connectivity index (χ2v) is 5.69. The molecular formula is C14H15FN2O3. The topological polar surface area (TPSA) is 72.2 Å². The Morgan fingerprint density at radius 1 is 1.35 bits per heavy atom. The van der Waals surface area contributed by atoms with E-state index in [-0.39, 0.29) is 17.5 Å². The minimum atomic E-state index is -0.895. The van der Waals surface area contributed by atoms with Gasteiger partial charge in [-0.1, -0.05) is 6.42 Å². The molecule has 2 aliphatic carbocycles. The first kappa shape index (κ1) is 13.0. The van der Waals surface area contributed by atoms with Crippen LogP contribution in [0.2, 0.25) is 0 Å². The van der Waals surface area contributed by atoms with Gasteiger partial charge in [0.25, 0.3) is 0 Å². The maximum absolute atomic E-state index is 13.2. The second-order valence-electron chi connectivity index (χ2n) is 5.69. The average molecular weight is 278 g/mol.